The molecule has 108 valence electrons. The van der Waals surface area contributed by atoms with Crippen LogP contribution in [0, 0.1) is 13.8 Å². The number of nitrogens with zero attached hydrogens (tertiary/aromatic N) is 4. The first-order valence-corrected chi connectivity index (χ1v) is 7.45. The van der Waals surface area contributed by atoms with E-state index in [-0.39, 0.29) is 0 Å². The van der Waals surface area contributed by atoms with Gasteiger partial charge in [0.15, 0.2) is 0 Å². The first-order chi connectivity index (χ1) is 9.70. The third-order valence-electron chi connectivity index (χ3n) is 4.08. The summed E-state index contributed by atoms with van der Waals surface area (Å²) in [7, 11) is 0. The van der Waals surface area contributed by atoms with E-state index in [4.69, 9.17) is 5.10 Å². The molecule has 1 saturated carbocycles. The number of hydrogen-bond acceptors (Lipinski definition) is 3. The Balaban J connectivity index is 1.81. The smallest absolute Gasteiger partial charge is 0.0951 e. The van der Waals surface area contributed by atoms with Crippen molar-refractivity contribution >= 4 is 0 Å². The second-order valence-corrected chi connectivity index (χ2v) is 5.61. The lowest BCUT2D eigenvalue weighted by Crippen LogP contribution is -2.13. The maximum absolute atomic E-state index is 4.69. The Morgan fingerprint density at radius 1 is 1.35 bits per heavy atom. The first-order valence-electron chi connectivity index (χ1n) is 7.45. The van der Waals surface area contributed by atoms with Crippen molar-refractivity contribution in [2.75, 3.05) is 6.54 Å². The lowest BCUT2D eigenvalue weighted by molar-refractivity contribution is 0.599. The SMILES string of the molecule is CCNCc1c(C)nn(Cc2cncn2C2CC2)c1C. The van der Waals surface area contributed by atoms with Crippen molar-refractivity contribution < 1.29 is 0 Å². The number of aryl methyl sites for hydroxylation is 1. The fraction of sp³-hybridized carbons (Fsp3) is 0.600. The van der Waals surface area contributed by atoms with Gasteiger partial charge in [-0.25, -0.2) is 4.98 Å². The predicted octanol–water partition coefficient (Wildman–Crippen LogP) is 2.19. The molecule has 1 fully saturated rings. The van der Waals surface area contributed by atoms with Gasteiger partial charge in [-0.05, 0) is 33.2 Å². The third kappa shape index (κ3) is 2.50. The molecule has 2 aromatic heterocycles. The highest BCUT2D eigenvalue weighted by atomic mass is 15.3. The summed E-state index contributed by atoms with van der Waals surface area (Å²) < 4.78 is 4.41. The second-order valence-electron chi connectivity index (χ2n) is 5.61. The highest BCUT2D eigenvalue weighted by Crippen LogP contribution is 2.35. The Labute approximate surface area is 120 Å². The van der Waals surface area contributed by atoms with Gasteiger partial charge in [-0.2, -0.15) is 5.10 Å². The van der Waals surface area contributed by atoms with Crippen LogP contribution in [0.5, 0.6) is 0 Å². The minimum Gasteiger partial charge on any atom is -0.330 e. The van der Waals surface area contributed by atoms with Gasteiger partial charge in [0.25, 0.3) is 0 Å². The van der Waals surface area contributed by atoms with Crippen LogP contribution < -0.4 is 5.32 Å². The van der Waals surface area contributed by atoms with Crippen LogP contribution in [-0.4, -0.2) is 25.9 Å². The van der Waals surface area contributed by atoms with Crippen molar-refractivity contribution in [1.29, 1.82) is 0 Å². The molecular weight excluding hydrogens is 250 g/mol. The average molecular weight is 273 g/mol. The number of hydrogen-bond donors (Lipinski definition) is 1. The summed E-state index contributed by atoms with van der Waals surface area (Å²) in [5, 5.41) is 8.08. The van der Waals surface area contributed by atoms with E-state index in [0.29, 0.717) is 6.04 Å². The zero-order chi connectivity index (χ0) is 14.1. The first kappa shape index (κ1) is 13.4. The minimum absolute atomic E-state index is 0.672. The van der Waals surface area contributed by atoms with Crippen molar-refractivity contribution in [2.45, 2.75) is 52.7 Å². The topological polar surface area (TPSA) is 47.7 Å². The van der Waals surface area contributed by atoms with Crippen LogP contribution in [0.15, 0.2) is 12.5 Å². The minimum atomic E-state index is 0.672. The third-order valence-corrected chi connectivity index (χ3v) is 4.08. The van der Waals surface area contributed by atoms with E-state index >= 15 is 0 Å². The van der Waals surface area contributed by atoms with Crippen molar-refractivity contribution in [2.24, 2.45) is 0 Å². The van der Waals surface area contributed by atoms with Gasteiger partial charge in [-0.1, -0.05) is 6.92 Å². The standard InChI is InChI=1S/C15H23N5/c1-4-16-8-15-11(2)18-20(12(15)3)9-14-7-17-10-19(14)13-5-6-13/h7,10,13,16H,4-6,8-9H2,1-3H3. The van der Waals surface area contributed by atoms with E-state index in [1.807, 2.05) is 12.5 Å². The lowest BCUT2D eigenvalue weighted by atomic mass is 10.2. The Hall–Kier alpha value is -1.62. The van der Waals surface area contributed by atoms with Crippen LogP contribution >= 0.6 is 0 Å². The van der Waals surface area contributed by atoms with Crippen LogP contribution in [0.3, 0.4) is 0 Å². The molecule has 1 aliphatic rings. The number of nitrogens with one attached hydrogen (secondary N) is 1. The predicted molar refractivity (Wildman–Crippen MR) is 78.7 cm³/mol. The van der Waals surface area contributed by atoms with Crippen LogP contribution in [0.4, 0.5) is 0 Å². The lowest BCUT2D eigenvalue weighted by Gasteiger charge is -2.09. The molecule has 0 radical (unpaired) electrons. The number of imidazole rings is 1. The molecule has 3 rings (SSSR count). The molecule has 5 heteroatoms. The van der Waals surface area contributed by atoms with Gasteiger partial charge >= 0.3 is 0 Å². The summed E-state index contributed by atoms with van der Waals surface area (Å²) in [4.78, 5) is 4.30. The molecule has 0 amide bonds. The molecule has 0 spiro atoms. The summed E-state index contributed by atoms with van der Waals surface area (Å²) in [6, 6.07) is 0.672. The Morgan fingerprint density at radius 2 is 2.15 bits per heavy atom. The molecule has 2 heterocycles. The van der Waals surface area contributed by atoms with E-state index in [1.165, 1.54) is 29.8 Å². The number of rotatable bonds is 6. The van der Waals surface area contributed by atoms with Crippen molar-refractivity contribution in [3.63, 3.8) is 0 Å². The number of aromatic nitrogens is 4. The van der Waals surface area contributed by atoms with E-state index in [9.17, 15) is 0 Å². The average Bonchev–Trinajstić information content (AvgIpc) is 3.12. The molecule has 0 unspecified atom stereocenters. The summed E-state index contributed by atoms with van der Waals surface area (Å²) in [5.41, 5.74) is 4.96. The van der Waals surface area contributed by atoms with Gasteiger partial charge in [0.05, 0.1) is 30.5 Å². The zero-order valence-corrected chi connectivity index (χ0v) is 12.6. The molecule has 2 aromatic rings. The highest BCUT2D eigenvalue weighted by molar-refractivity contribution is 5.25. The Morgan fingerprint density at radius 3 is 2.85 bits per heavy atom. The quantitative estimate of drug-likeness (QED) is 0.877. The maximum atomic E-state index is 4.69. The molecule has 1 N–H and O–H groups in total. The van der Waals surface area contributed by atoms with E-state index in [2.05, 4.69) is 40.3 Å². The maximum Gasteiger partial charge on any atom is 0.0951 e. The van der Waals surface area contributed by atoms with E-state index in [0.717, 1.165) is 25.3 Å². The molecule has 0 atom stereocenters. The Kier molecular flexibility index (Phi) is 3.61. The molecule has 20 heavy (non-hydrogen) atoms. The van der Waals surface area contributed by atoms with Gasteiger partial charge in [0, 0.05) is 23.8 Å². The monoisotopic (exact) mass is 273 g/mol. The normalized spacial score (nSPS) is 14.9. The van der Waals surface area contributed by atoms with Crippen molar-refractivity contribution in [3.05, 3.63) is 35.2 Å². The summed E-state index contributed by atoms with van der Waals surface area (Å²) in [5.74, 6) is 0. The van der Waals surface area contributed by atoms with Gasteiger partial charge in [0.1, 0.15) is 0 Å². The fourth-order valence-corrected chi connectivity index (χ4v) is 2.68. The van der Waals surface area contributed by atoms with Gasteiger partial charge < -0.3 is 9.88 Å². The summed E-state index contributed by atoms with van der Waals surface area (Å²) in [6.45, 7) is 9.08. The van der Waals surface area contributed by atoms with Crippen LogP contribution in [-0.2, 0) is 13.1 Å². The largest absolute Gasteiger partial charge is 0.330 e. The van der Waals surface area contributed by atoms with Gasteiger partial charge in [-0.15, -0.1) is 0 Å². The van der Waals surface area contributed by atoms with E-state index in [1.54, 1.807) is 0 Å². The molecule has 0 aromatic carbocycles. The second kappa shape index (κ2) is 5.40. The van der Waals surface area contributed by atoms with Crippen LogP contribution in [0.25, 0.3) is 0 Å². The zero-order valence-electron chi connectivity index (χ0n) is 12.6. The van der Waals surface area contributed by atoms with Crippen molar-refractivity contribution in [3.8, 4) is 0 Å². The Bertz CT molecular complexity index is 591. The van der Waals surface area contributed by atoms with Crippen molar-refractivity contribution in [1.82, 2.24) is 24.6 Å². The highest BCUT2D eigenvalue weighted by Gasteiger charge is 2.25. The van der Waals surface area contributed by atoms with Gasteiger partial charge in [-0.3, -0.25) is 4.68 Å². The molecule has 1 aliphatic carbocycles. The molecule has 0 saturated heterocycles. The van der Waals surface area contributed by atoms with Crippen LogP contribution in [0.1, 0.15) is 48.5 Å². The summed E-state index contributed by atoms with van der Waals surface area (Å²) >= 11 is 0. The molecule has 0 aliphatic heterocycles. The molecule has 5 nitrogen and oxygen atoms in total. The molecular formula is C15H23N5. The van der Waals surface area contributed by atoms with Gasteiger partial charge in [0.2, 0.25) is 0 Å². The summed E-state index contributed by atoms with van der Waals surface area (Å²) in [6.07, 6.45) is 6.50. The fourth-order valence-electron chi connectivity index (χ4n) is 2.68. The van der Waals surface area contributed by atoms with Crippen LogP contribution in [0.2, 0.25) is 0 Å². The van der Waals surface area contributed by atoms with E-state index < -0.39 is 0 Å². The molecule has 0 bridgehead atoms.